The molecule has 0 aliphatic carbocycles. The Hall–Kier alpha value is -1.56. The fourth-order valence-electron chi connectivity index (χ4n) is 1.82. The Morgan fingerprint density at radius 3 is 2.20 bits per heavy atom. The lowest BCUT2D eigenvalue weighted by molar-refractivity contribution is -0.138. The molecule has 0 saturated heterocycles. The van der Waals surface area contributed by atoms with Crippen LogP contribution in [-0.4, -0.2) is 45.5 Å². The van der Waals surface area contributed by atoms with Gasteiger partial charge in [-0.25, -0.2) is 4.79 Å². The van der Waals surface area contributed by atoms with E-state index < -0.39 is 5.97 Å². The van der Waals surface area contributed by atoms with E-state index in [1.165, 1.54) is 4.90 Å². The average Bonchev–Trinajstić information content (AvgIpc) is 2.84. The number of carboxylic acid groups (broad SMARTS) is 1. The van der Waals surface area contributed by atoms with E-state index in [0.717, 1.165) is 4.88 Å². The van der Waals surface area contributed by atoms with Crippen LogP contribution in [0.2, 0.25) is 0 Å². The quantitative estimate of drug-likeness (QED) is 0.878. The molecule has 0 bridgehead atoms. The van der Waals surface area contributed by atoms with Gasteiger partial charge in [0.1, 0.15) is 6.54 Å². The molecule has 0 radical (unpaired) electrons. The number of aliphatic carboxylic acids is 1. The van der Waals surface area contributed by atoms with Crippen LogP contribution in [0.25, 0.3) is 0 Å². The standard InChI is InChI=1S/C14H22N2O3S/c1-10(2)15(8-12-6-5-7-20-12)14(19)16(11(3)4)9-13(17)18/h5-7,10-11H,8-9H2,1-4H3,(H,17,18). The van der Waals surface area contributed by atoms with Crippen molar-refractivity contribution in [2.75, 3.05) is 6.54 Å². The van der Waals surface area contributed by atoms with Crippen LogP contribution in [0.4, 0.5) is 4.79 Å². The molecule has 5 nitrogen and oxygen atoms in total. The average molecular weight is 298 g/mol. The topological polar surface area (TPSA) is 60.9 Å². The van der Waals surface area contributed by atoms with E-state index in [1.807, 2.05) is 45.2 Å². The van der Waals surface area contributed by atoms with Crippen LogP contribution in [0.1, 0.15) is 32.6 Å². The van der Waals surface area contributed by atoms with E-state index >= 15 is 0 Å². The first-order valence-corrected chi connectivity index (χ1v) is 7.52. The van der Waals surface area contributed by atoms with Crippen molar-refractivity contribution < 1.29 is 14.7 Å². The predicted octanol–water partition coefficient (Wildman–Crippen LogP) is 2.87. The summed E-state index contributed by atoms with van der Waals surface area (Å²) in [5, 5.41) is 10.9. The van der Waals surface area contributed by atoms with Crippen molar-refractivity contribution >= 4 is 23.3 Å². The molecule has 1 rings (SSSR count). The number of nitrogens with zero attached hydrogens (tertiary/aromatic N) is 2. The van der Waals surface area contributed by atoms with Gasteiger partial charge in [0, 0.05) is 17.0 Å². The summed E-state index contributed by atoms with van der Waals surface area (Å²) in [5.41, 5.74) is 0. The van der Waals surface area contributed by atoms with Gasteiger partial charge in [-0.3, -0.25) is 4.79 Å². The lowest BCUT2D eigenvalue weighted by Crippen LogP contribution is -2.50. The molecule has 0 fully saturated rings. The Balaban J connectivity index is 2.88. The Bertz CT molecular complexity index is 443. The summed E-state index contributed by atoms with van der Waals surface area (Å²) < 4.78 is 0. The van der Waals surface area contributed by atoms with Crippen molar-refractivity contribution in [3.8, 4) is 0 Å². The first-order valence-electron chi connectivity index (χ1n) is 6.64. The first kappa shape index (κ1) is 16.5. The highest BCUT2D eigenvalue weighted by molar-refractivity contribution is 7.09. The van der Waals surface area contributed by atoms with Crippen LogP contribution in [0.15, 0.2) is 17.5 Å². The monoisotopic (exact) mass is 298 g/mol. The number of thiophene rings is 1. The molecule has 1 aromatic rings. The minimum atomic E-state index is -0.994. The second-order valence-corrected chi connectivity index (χ2v) is 6.23. The van der Waals surface area contributed by atoms with Crippen molar-refractivity contribution in [3.63, 3.8) is 0 Å². The molecule has 0 aliphatic rings. The smallest absolute Gasteiger partial charge is 0.323 e. The summed E-state index contributed by atoms with van der Waals surface area (Å²) in [6.07, 6.45) is 0. The third kappa shape index (κ3) is 4.52. The third-order valence-electron chi connectivity index (χ3n) is 2.95. The Labute approximate surface area is 123 Å². The maximum Gasteiger partial charge on any atom is 0.323 e. The van der Waals surface area contributed by atoms with E-state index in [-0.39, 0.29) is 24.7 Å². The fraction of sp³-hybridized carbons (Fsp3) is 0.571. The molecular weight excluding hydrogens is 276 g/mol. The summed E-state index contributed by atoms with van der Waals surface area (Å²) in [6, 6.07) is 3.55. The number of carbonyl (C=O) groups excluding carboxylic acids is 1. The maximum atomic E-state index is 12.6. The van der Waals surface area contributed by atoms with Gasteiger partial charge in [-0.15, -0.1) is 11.3 Å². The summed E-state index contributed by atoms with van der Waals surface area (Å²) in [5.74, 6) is -0.994. The van der Waals surface area contributed by atoms with Gasteiger partial charge in [-0.2, -0.15) is 0 Å². The number of hydrogen-bond acceptors (Lipinski definition) is 3. The van der Waals surface area contributed by atoms with Gasteiger partial charge in [-0.05, 0) is 39.1 Å². The van der Waals surface area contributed by atoms with Gasteiger partial charge in [-0.1, -0.05) is 6.07 Å². The Morgan fingerprint density at radius 2 is 1.80 bits per heavy atom. The third-order valence-corrected chi connectivity index (χ3v) is 3.81. The highest BCUT2D eigenvalue weighted by Crippen LogP contribution is 2.16. The molecule has 0 aromatic carbocycles. The Morgan fingerprint density at radius 1 is 1.20 bits per heavy atom. The van der Waals surface area contributed by atoms with E-state index in [9.17, 15) is 9.59 Å². The largest absolute Gasteiger partial charge is 0.480 e. The van der Waals surface area contributed by atoms with Gasteiger partial charge in [0.2, 0.25) is 0 Å². The summed E-state index contributed by atoms with van der Waals surface area (Å²) >= 11 is 1.59. The molecule has 2 amide bonds. The van der Waals surface area contributed by atoms with E-state index in [0.29, 0.717) is 6.54 Å². The van der Waals surface area contributed by atoms with Gasteiger partial charge in [0.15, 0.2) is 0 Å². The van der Waals surface area contributed by atoms with Crippen molar-refractivity contribution in [2.24, 2.45) is 0 Å². The number of rotatable bonds is 6. The van der Waals surface area contributed by atoms with Crippen LogP contribution < -0.4 is 0 Å². The number of carboxylic acids is 1. The minimum absolute atomic E-state index is 0.0136. The number of amides is 2. The molecular formula is C14H22N2O3S. The van der Waals surface area contributed by atoms with E-state index in [4.69, 9.17) is 5.11 Å². The minimum Gasteiger partial charge on any atom is -0.480 e. The lowest BCUT2D eigenvalue weighted by Gasteiger charge is -2.34. The van der Waals surface area contributed by atoms with Gasteiger partial charge >= 0.3 is 12.0 Å². The SMILES string of the molecule is CC(C)N(CC(=O)O)C(=O)N(Cc1cccs1)C(C)C. The summed E-state index contributed by atoms with van der Waals surface area (Å²) in [7, 11) is 0. The zero-order valence-electron chi connectivity index (χ0n) is 12.4. The predicted molar refractivity (Wildman–Crippen MR) is 79.9 cm³/mol. The molecule has 0 saturated carbocycles. The normalized spacial score (nSPS) is 10.9. The van der Waals surface area contributed by atoms with E-state index in [2.05, 4.69) is 0 Å². The van der Waals surface area contributed by atoms with E-state index in [1.54, 1.807) is 16.2 Å². The second-order valence-electron chi connectivity index (χ2n) is 5.20. The molecule has 1 aromatic heterocycles. The zero-order valence-corrected chi connectivity index (χ0v) is 13.2. The van der Waals surface area contributed by atoms with Crippen LogP contribution in [-0.2, 0) is 11.3 Å². The maximum absolute atomic E-state index is 12.6. The first-order chi connectivity index (χ1) is 9.32. The fourth-order valence-corrected chi connectivity index (χ4v) is 2.53. The Kier molecular flexibility index (Phi) is 6.01. The number of hydrogen-bond donors (Lipinski definition) is 1. The zero-order chi connectivity index (χ0) is 15.3. The molecule has 0 spiro atoms. The highest BCUT2D eigenvalue weighted by atomic mass is 32.1. The van der Waals surface area contributed by atoms with Gasteiger partial charge in [0.05, 0.1) is 6.54 Å². The van der Waals surface area contributed by atoms with Crippen molar-refractivity contribution in [2.45, 2.75) is 46.3 Å². The van der Waals surface area contributed by atoms with Crippen LogP contribution in [0.5, 0.6) is 0 Å². The molecule has 112 valence electrons. The molecule has 0 aliphatic heterocycles. The molecule has 0 unspecified atom stereocenters. The van der Waals surface area contributed by atoms with Gasteiger partial charge < -0.3 is 14.9 Å². The summed E-state index contributed by atoms with van der Waals surface area (Å²) in [6.45, 7) is 7.76. The molecule has 1 heterocycles. The van der Waals surface area contributed by atoms with Crippen LogP contribution in [0, 0.1) is 0 Å². The highest BCUT2D eigenvalue weighted by Gasteiger charge is 2.27. The van der Waals surface area contributed by atoms with Gasteiger partial charge in [0.25, 0.3) is 0 Å². The van der Waals surface area contributed by atoms with Crippen molar-refractivity contribution in [1.82, 2.24) is 9.80 Å². The number of urea groups is 1. The molecule has 0 atom stereocenters. The second kappa shape index (κ2) is 7.28. The van der Waals surface area contributed by atoms with Crippen LogP contribution >= 0.6 is 11.3 Å². The molecule has 1 N–H and O–H groups in total. The summed E-state index contributed by atoms with van der Waals surface area (Å²) in [4.78, 5) is 27.7. The number of carbonyl (C=O) groups is 2. The molecule has 6 heteroatoms. The van der Waals surface area contributed by atoms with Crippen LogP contribution in [0.3, 0.4) is 0 Å². The molecule has 20 heavy (non-hydrogen) atoms. The lowest BCUT2D eigenvalue weighted by atomic mass is 10.2. The van der Waals surface area contributed by atoms with Crippen molar-refractivity contribution in [3.05, 3.63) is 22.4 Å². The van der Waals surface area contributed by atoms with Crippen molar-refractivity contribution in [1.29, 1.82) is 0 Å².